The van der Waals surface area contributed by atoms with E-state index in [4.69, 9.17) is 10.5 Å². The lowest BCUT2D eigenvalue weighted by Crippen LogP contribution is -2.21. The molecule has 0 aliphatic heterocycles. The normalized spacial score (nSPS) is 12.1. The van der Waals surface area contributed by atoms with Gasteiger partial charge in [-0.2, -0.15) is 9.97 Å². The van der Waals surface area contributed by atoms with Crippen LogP contribution in [0.4, 0.5) is 5.95 Å². The van der Waals surface area contributed by atoms with E-state index in [1.807, 2.05) is 52.9 Å². The van der Waals surface area contributed by atoms with Gasteiger partial charge in [-0.25, -0.2) is 4.99 Å². The van der Waals surface area contributed by atoms with E-state index in [-0.39, 0.29) is 5.95 Å². The number of hydrogen-bond donors (Lipinski definition) is 1. The van der Waals surface area contributed by atoms with Gasteiger partial charge in [0.1, 0.15) is 5.75 Å². The van der Waals surface area contributed by atoms with Gasteiger partial charge >= 0.3 is 0 Å². The highest BCUT2D eigenvalue weighted by Gasteiger charge is 2.09. The topological polar surface area (TPSA) is 77.8 Å². The van der Waals surface area contributed by atoms with Crippen molar-refractivity contribution in [2.75, 3.05) is 12.8 Å². The summed E-state index contributed by atoms with van der Waals surface area (Å²) >= 11 is 1.53. The van der Waals surface area contributed by atoms with Crippen LogP contribution in [0.2, 0.25) is 0 Å². The predicted molar refractivity (Wildman–Crippen MR) is 95.0 cm³/mol. The molecular formula is C17H15N5OS. The molecule has 0 aliphatic carbocycles. The second-order valence-electron chi connectivity index (χ2n) is 5.24. The Labute approximate surface area is 141 Å². The van der Waals surface area contributed by atoms with Crippen LogP contribution in [0.15, 0.2) is 53.5 Å². The first-order chi connectivity index (χ1) is 11.7. The molecule has 6 nitrogen and oxygen atoms in total. The van der Waals surface area contributed by atoms with Crippen molar-refractivity contribution >= 4 is 32.5 Å². The first-order valence-electron chi connectivity index (χ1n) is 7.42. The average Bonchev–Trinajstić information content (AvgIpc) is 2.97. The van der Waals surface area contributed by atoms with Gasteiger partial charge in [0.2, 0.25) is 16.5 Å². The van der Waals surface area contributed by atoms with Crippen molar-refractivity contribution < 1.29 is 4.74 Å². The standard InChI is InChI=1S/C17H15N5OS/c1-23-12-7-8-13-14(9-12)24-17-21-15(18)20-16(22(13)17)19-10-11-5-3-2-4-6-11/h2-9H,10H2,1H3,(H2,18,19,20). The van der Waals surface area contributed by atoms with Crippen molar-refractivity contribution in [1.82, 2.24) is 14.4 Å². The lowest BCUT2D eigenvalue weighted by Gasteiger charge is -2.01. The second kappa shape index (κ2) is 5.93. The summed E-state index contributed by atoms with van der Waals surface area (Å²) in [6.07, 6.45) is 0. The molecule has 0 amide bonds. The number of thiazole rings is 1. The number of nitrogens with two attached hydrogens (primary N) is 1. The summed E-state index contributed by atoms with van der Waals surface area (Å²) < 4.78 is 8.27. The zero-order valence-corrected chi connectivity index (χ0v) is 13.8. The monoisotopic (exact) mass is 337 g/mol. The van der Waals surface area contributed by atoms with Gasteiger partial charge in [-0.15, -0.1) is 0 Å². The van der Waals surface area contributed by atoms with E-state index < -0.39 is 0 Å². The van der Waals surface area contributed by atoms with Crippen molar-refractivity contribution in [3.63, 3.8) is 0 Å². The minimum atomic E-state index is 0.223. The Morgan fingerprint density at radius 3 is 2.79 bits per heavy atom. The van der Waals surface area contributed by atoms with Crippen molar-refractivity contribution in [3.8, 4) is 5.75 Å². The smallest absolute Gasteiger partial charge is 0.235 e. The number of ether oxygens (including phenoxy) is 1. The molecular weight excluding hydrogens is 322 g/mol. The lowest BCUT2D eigenvalue weighted by atomic mass is 10.2. The van der Waals surface area contributed by atoms with Crippen LogP contribution in [-0.2, 0) is 6.54 Å². The number of aromatic nitrogens is 3. The number of nitrogens with zero attached hydrogens (tertiary/aromatic N) is 4. The quantitative estimate of drug-likeness (QED) is 0.623. The maximum Gasteiger partial charge on any atom is 0.235 e. The molecule has 4 rings (SSSR count). The van der Waals surface area contributed by atoms with Crippen molar-refractivity contribution in [3.05, 3.63) is 59.7 Å². The summed E-state index contributed by atoms with van der Waals surface area (Å²) in [7, 11) is 1.65. The van der Waals surface area contributed by atoms with Gasteiger partial charge in [-0.05, 0) is 23.8 Å². The molecule has 0 unspecified atom stereocenters. The zero-order valence-electron chi connectivity index (χ0n) is 13.0. The third-order valence-corrected chi connectivity index (χ3v) is 4.67. The first kappa shape index (κ1) is 14.6. The molecule has 2 heterocycles. The number of fused-ring (bicyclic) bond motifs is 3. The molecule has 0 fully saturated rings. The summed E-state index contributed by atoms with van der Waals surface area (Å²) in [6.45, 7) is 0.535. The number of methoxy groups -OCH3 is 1. The Morgan fingerprint density at radius 1 is 1.17 bits per heavy atom. The Kier molecular flexibility index (Phi) is 3.62. The Balaban J connectivity index is 1.93. The van der Waals surface area contributed by atoms with Crippen molar-refractivity contribution in [2.45, 2.75) is 6.54 Å². The zero-order chi connectivity index (χ0) is 16.5. The number of rotatable bonds is 3. The molecule has 0 spiro atoms. The first-order valence-corrected chi connectivity index (χ1v) is 8.23. The highest BCUT2D eigenvalue weighted by Crippen LogP contribution is 2.27. The lowest BCUT2D eigenvalue weighted by molar-refractivity contribution is 0.415. The summed E-state index contributed by atoms with van der Waals surface area (Å²) in [6, 6.07) is 15.9. The van der Waals surface area contributed by atoms with Crippen LogP contribution >= 0.6 is 11.3 Å². The largest absolute Gasteiger partial charge is 0.497 e. The van der Waals surface area contributed by atoms with Crippen molar-refractivity contribution in [2.24, 2.45) is 4.99 Å². The molecule has 4 aromatic rings. The van der Waals surface area contributed by atoms with E-state index >= 15 is 0 Å². The fraction of sp³-hybridized carbons (Fsp3) is 0.118. The average molecular weight is 337 g/mol. The second-order valence-corrected chi connectivity index (χ2v) is 6.25. The molecule has 0 atom stereocenters. The number of hydrogen-bond acceptors (Lipinski definition) is 6. The summed E-state index contributed by atoms with van der Waals surface area (Å²) in [4.78, 5) is 14.1. The molecule has 24 heavy (non-hydrogen) atoms. The summed E-state index contributed by atoms with van der Waals surface area (Å²) in [5, 5.41) is 0. The van der Waals surface area contributed by atoms with Crippen LogP contribution in [0, 0.1) is 0 Å². The van der Waals surface area contributed by atoms with Gasteiger partial charge in [-0.1, -0.05) is 41.7 Å². The third kappa shape index (κ3) is 2.59. The number of nitrogen functional groups attached to an aromatic ring is 1. The van der Waals surface area contributed by atoms with Crippen LogP contribution in [0.5, 0.6) is 5.75 Å². The molecule has 7 heteroatoms. The van der Waals surface area contributed by atoms with E-state index in [2.05, 4.69) is 15.0 Å². The molecule has 0 bridgehead atoms. The van der Waals surface area contributed by atoms with E-state index in [1.165, 1.54) is 11.3 Å². The Morgan fingerprint density at radius 2 is 2.00 bits per heavy atom. The van der Waals surface area contributed by atoms with Gasteiger partial charge in [0, 0.05) is 0 Å². The molecule has 120 valence electrons. The van der Waals surface area contributed by atoms with Crippen LogP contribution in [0.1, 0.15) is 5.56 Å². The van der Waals surface area contributed by atoms with Crippen LogP contribution < -0.4 is 16.1 Å². The van der Waals surface area contributed by atoms with E-state index in [0.717, 1.165) is 26.5 Å². The Hall–Kier alpha value is -2.93. The van der Waals surface area contributed by atoms with Gasteiger partial charge < -0.3 is 10.5 Å². The van der Waals surface area contributed by atoms with Gasteiger partial charge in [-0.3, -0.25) is 4.40 Å². The summed E-state index contributed by atoms with van der Waals surface area (Å²) in [5.74, 6) is 1.03. The molecule has 2 aromatic carbocycles. The van der Waals surface area contributed by atoms with Gasteiger partial charge in [0.15, 0.2) is 0 Å². The number of anilines is 1. The maximum absolute atomic E-state index is 5.86. The highest BCUT2D eigenvalue weighted by molar-refractivity contribution is 7.23. The highest BCUT2D eigenvalue weighted by atomic mass is 32.1. The predicted octanol–water partition coefficient (Wildman–Crippen LogP) is 2.64. The SMILES string of the molecule is COc1ccc2c(c1)sc1nc(N)n/c(=N/Cc3ccccc3)n12. The third-order valence-electron chi connectivity index (χ3n) is 3.67. The molecule has 0 saturated heterocycles. The van der Waals surface area contributed by atoms with Crippen molar-refractivity contribution in [1.29, 1.82) is 0 Å². The molecule has 0 saturated carbocycles. The van der Waals surface area contributed by atoms with Gasteiger partial charge in [0.05, 0.1) is 23.9 Å². The van der Waals surface area contributed by atoms with Crippen LogP contribution in [0.3, 0.4) is 0 Å². The minimum absolute atomic E-state index is 0.223. The van der Waals surface area contributed by atoms with E-state index in [0.29, 0.717) is 12.2 Å². The minimum Gasteiger partial charge on any atom is -0.497 e. The molecule has 0 radical (unpaired) electrons. The van der Waals surface area contributed by atoms with E-state index in [1.54, 1.807) is 7.11 Å². The van der Waals surface area contributed by atoms with Gasteiger partial charge in [0.25, 0.3) is 0 Å². The molecule has 2 aromatic heterocycles. The number of benzene rings is 2. The van der Waals surface area contributed by atoms with Crippen LogP contribution in [0.25, 0.3) is 15.2 Å². The Bertz CT molecular complexity index is 1080. The summed E-state index contributed by atoms with van der Waals surface area (Å²) in [5.41, 5.74) is 8.52. The fourth-order valence-corrected chi connectivity index (χ4v) is 3.57. The van der Waals surface area contributed by atoms with E-state index in [9.17, 15) is 0 Å². The maximum atomic E-state index is 5.86. The molecule has 2 N–H and O–H groups in total. The van der Waals surface area contributed by atoms with Crippen LogP contribution in [-0.4, -0.2) is 21.5 Å². The fourth-order valence-electron chi connectivity index (χ4n) is 2.53. The molecule has 0 aliphatic rings.